The fourth-order valence-corrected chi connectivity index (χ4v) is 3.10. The van der Waals surface area contributed by atoms with Gasteiger partial charge in [0.1, 0.15) is 0 Å². The van der Waals surface area contributed by atoms with Gasteiger partial charge in [-0.3, -0.25) is 4.79 Å². The number of rotatable bonds is 3. The second-order valence-corrected chi connectivity index (χ2v) is 5.35. The first-order valence-electron chi connectivity index (χ1n) is 5.67. The van der Waals surface area contributed by atoms with Gasteiger partial charge in [0, 0.05) is 18.2 Å². The Bertz CT molecular complexity index is 372. The minimum absolute atomic E-state index is 0.216. The molecule has 0 bridgehead atoms. The van der Waals surface area contributed by atoms with E-state index in [1.54, 1.807) is 0 Å². The van der Waals surface area contributed by atoms with Crippen LogP contribution in [0.25, 0.3) is 0 Å². The van der Waals surface area contributed by atoms with E-state index in [-0.39, 0.29) is 11.8 Å². The predicted molar refractivity (Wildman–Crippen MR) is 68.5 cm³/mol. The molecule has 3 heteroatoms. The maximum absolute atomic E-state index is 11.8. The number of aryl methyl sites for hydroxylation is 1. The number of carbonyl (C=O) groups is 1. The molecule has 1 N–H and O–H groups in total. The van der Waals surface area contributed by atoms with Crippen molar-refractivity contribution < 1.29 is 4.79 Å². The molecule has 16 heavy (non-hydrogen) atoms. The van der Waals surface area contributed by atoms with Crippen LogP contribution in [0.2, 0.25) is 0 Å². The summed E-state index contributed by atoms with van der Waals surface area (Å²) in [4.78, 5) is 11.8. The van der Waals surface area contributed by atoms with Crippen LogP contribution >= 0.6 is 11.8 Å². The molecular formula is C13H17NOS. The average Bonchev–Trinajstić information content (AvgIpc) is 2.81. The number of hydrogen-bond acceptors (Lipinski definition) is 2. The lowest BCUT2D eigenvalue weighted by atomic mass is 10.1. The Morgan fingerprint density at radius 2 is 2.31 bits per heavy atom. The van der Waals surface area contributed by atoms with E-state index in [0.717, 1.165) is 17.9 Å². The highest BCUT2D eigenvalue weighted by molar-refractivity contribution is 7.99. The van der Waals surface area contributed by atoms with Crippen LogP contribution in [-0.2, 0) is 11.3 Å². The first kappa shape index (κ1) is 11.5. The number of benzene rings is 1. The Kier molecular flexibility index (Phi) is 3.88. The lowest BCUT2D eigenvalue weighted by Crippen LogP contribution is -2.30. The lowest BCUT2D eigenvalue weighted by molar-refractivity contribution is -0.124. The summed E-state index contributed by atoms with van der Waals surface area (Å²) in [5.74, 6) is 2.56. The summed E-state index contributed by atoms with van der Waals surface area (Å²) in [6, 6.07) is 8.18. The maximum Gasteiger partial charge on any atom is 0.224 e. The van der Waals surface area contributed by atoms with Crippen molar-refractivity contribution in [2.45, 2.75) is 19.9 Å². The Morgan fingerprint density at radius 3 is 3.00 bits per heavy atom. The van der Waals surface area contributed by atoms with E-state index in [1.807, 2.05) is 23.9 Å². The van der Waals surface area contributed by atoms with E-state index in [2.05, 4.69) is 24.4 Å². The van der Waals surface area contributed by atoms with Crippen molar-refractivity contribution in [2.24, 2.45) is 5.92 Å². The van der Waals surface area contributed by atoms with Crippen molar-refractivity contribution in [3.8, 4) is 0 Å². The van der Waals surface area contributed by atoms with E-state index in [1.165, 1.54) is 11.1 Å². The summed E-state index contributed by atoms with van der Waals surface area (Å²) in [5, 5.41) is 3.03. The molecule has 2 nitrogen and oxygen atoms in total. The van der Waals surface area contributed by atoms with Crippen molar-refractivity contribution >= 4 is 17.7 Å². The van der Waals surface area contributed by atoms with Gasteiger partial charge in [-0.15, -0.1) is 0 Å². The number of thioether (sulfide) groups is 1. The molecule has 1 unspecified atom stereocenters. The van der Waals surface area contributed by atoms with Crippen LogP contribution in [0.15, 0.2) is 24.3 Å². The maximum atomic E-state index is 11.8. The summed E-state index contributed by atoms with van der Waals surface area (Å²) < 4.78 is 0. The molecule has 1 amide bonds. The highest BCUT2D eigenvalue weighted by Crippen LogP contribution is 2.23. The van der Waals surface area contributed by atoms with E-state index in [9.17, 15) is 4.79 Å². The topological polar surface area (TPSA) is 29.1 Å². The third-order valence-electron chi connectivity index (χ3n) is 3.01. The van der Waals surface area contributed by atoms with Crippen LogP contribution in [0.3, 0.4) is 0 Å². The van der Waals surface area contributed by atoms with Gasteiger partial charge in [0.05, 0.1) is 0 Å². The van der Waals surface area contributed by atoms with Crippen LogP contribution < -0.4 is 5.32 Å². The third kappa shape index (κ3) is 2.79. The SMILES string of the molecule is Cc1ccccc1CNC(=O)C1CCSC1. The fraction of sp³-hybridized carbons (Fsp3) is 0.462. The zero-order valence-corrected chi connectivity index (χ0v) is 10.3. The predicted octanol–water partition coefficient (Wildman–Crippen LogP) is 2.36. The van der Waals surface area contributed by atoms with Crippen molar-refractivity contribution in [1.82, 2.24) is 5.32 Å². The standard InChI is InChI=1S/C13H17NOS/c1-10-4-2-3-5-11(10)8-14-13(15)12-6-7-16-9-12/h2-5,12H,6-9H2,1H3,(H,14,15). The van der Waals surface area contributed by atoms with Gasteiger partial charge >= 0.3 is 0 Å². The highest BCUT2D eigenvalue weighted by atomic mass is 32.2. The molecule has 0 radical (unpaired) electrons. The normalized spacial score (nSPS) is 19.7. The number of carbonyl (C=O) groups excluding carboxylic acids is 1. The van der Waals surface area contributed by atoms with E-state index >= 15 is 0 Å². The number of amides is 1. The Hall–Kier alpha value is -0.960. The van der Waals surface area contributed by atoms with Crippen molar-refractivity contribution in [3.05, 3.63) is 35.4 Å². The molecule has 1 aromatic rings. The van der Waals surface area contributed by atoms with Crippen molar-refractivity contribution in [1.29, 1.82) is 0 Å². The van der Waals surface area contributed by atoms with E-state index in [4.69, 9.17) is 0 Å². The zero-order valence-electron chi connectivity index (χ0n) is 9.53. The molecular weight excluding hydrogens is 218 g/mol. The second kappa shape index (κ2) is 5.39. The van der Waals surface area contributed by atoms with Crippen molar-refractivity contribution in [2.75, 3.05) is 11.5 Å². The molecule has 0 spiro atoms. The number of nitrogens with one attached hydrogen (secondary N) is 1. The van der Waals surface area contributed by atoms with Gasteiger partial charge in [0.2, 0.25) is 5.91 Å². The van der Waals surface area contributed by atoms with Gasteiger partial charge in [0.15, 0.2) is 0 Å². The molecule has 1 aliphatic heterocycles. The van der Waals surface area contributed by atoms with Gasteiger partial charge < -0.3 is 5.32 Å². The minimum atomic E-state index is 0.216. The van der Waals surface area contributed by atoms with E-state index in [0.29, 0.717) is 6.54 Å². The molecule has 0 saturated carbocycles. The molecule has 1 saturated heterocycles. The Morgan fingerprint density at radius 1 is 1.50 bits per heavy atom. The average molecular weight is 235 g/mol. The summed E-state index contributed by atoms with van der Waals surface area (Å²) in [6.45, 7) is 2.74. The molecule has 1 aromatic carbocycles. The molecule has 2 rings (SSSR count). The van der Waals surface area contributed by atoms with E-state index < -0.39 is 0 Å². The smallest absolute Gasteiger partial charge is 0.224 e. The van der Waals surface area contributed by atoms with Gasteiger partial charge in [-0.05, 0) is 30.2 Å². The zero-order chi connectivity index (χ0) is 11.4. The molecule has 1 heterocycles. The lowest BCUT2D eigenvalue weighted by Gasteiger charge is -2.11. The Balaban J connectivity index is 1.87. The second-order valence-electron chi connectivity index (χ2n) is 4.20. The summed E-state index contributed by atoms with van der Waals surface area (Å²) in [6.07, 6.45) is 1.03. The molecule has 1 atom stereocenters. The van der Waals surface area contributed by atoms with Crippen LogP contribution in [-0.4, -0.2) is 17.4 Å². The molecule has 86 valence electrons. The largest absolute Gasteiger partial charge is 0.352 e. The molecule has 1 fully saturated rings. The highest BCUT2D eigenvalue weighted by Gasteiger charge is 2.22. The summed E-state index contributed by atoms with van der Waals surface area (Å²) >= 11 is 1.87. The first-order chi connectivity index (χ1) is 7.77. The van der Waals surface area contributed by atoms with Gasteiger partial charge in [-0.25, -0.2) is 0 Å². The Labute approximate surface area is 101 Å². The van der Waals surface area contributed by atoms with Gasteiger partial charge in [0.25, 0.3) is 0 Å². The molecule has 0 aromatic heterocycles. The summed E-state index contributed by atoms with van der Waals surface area (Å²) in [7, 11) is 0. The molecule has 1 aliphatic rings. The quantitative estimate of drug-likeness (QED) is 0.871. The summed E-state index contributed by atoms with van der Waals surface area (Å²) in [5.41, 5.74) is 2.45. The van der Waals surface area contributed by atoms with Crippen LogP contribution in [0.4, 0.5) is 0 Å². The minimum Gasteiger partial charge on any atom is -0.352 e. The van der Waals surface area contributed by atoms with Gasteiger partial charge in [-0.1, -0.05) is 24.3 Å². The van der Waals surface area contributed by atoms with Crippen LogP contribution in [0.5, 0.6) is 0 Å². The first-order valence-corrected chi connectivity index (χ1v) is 6.83. The van der Waals surface area contributed by atoms with Gasteiger partial charge in [-0.2, -0.15) is 11.8 Å². The van der Waals surface area contributed by atoms with Crippen LogP contribution in [0.1, 0.15) is 17.5 Å². The molecule has 0 aliphatic carbocycles. The number of hydrogen-bond donors (Lipinski definition) is 1. The monoisotopic (exact) mass is 235 g/mol. The fourth-order valence-electron chi connectivity index (χ4n) is 1.88. The van der Waals surface area contributed by atoms with Crippen LogP contribution in [0, 0.1) is 12.8 Å². The third-order valence-corrected chi connectivity index (χ3v) is 4.18. The van der Waals surface area contributed by atoms with Crippen molar-refractivity contribution in [3.63, 3.8) is 0 Å².